The minimum Gasteiger partial charge on any atom is -0.462 e. The fraction of sp³-hybridized carbons (Fsp3) is 0.725. The van der Waals surface area contributed by atoms with Gasteiger partial charge in [-0.2, -0.15) is 0 Å². The van der Waals surface area contributed by atoms with Crippen LogP contribution in [0.25, 0.3) is 0 Å². The number of carbonyl (C=O) groups excluding carboxylic acids is 3. The topological polar surface area (TPSA) is 78.9 Å². The van der Waals surface area contributed by atoms with E-state index in [-0.39, 0.29) is 31.1 Å². The van der Waals surface area contributed by atoms with E-state index in [1.807, 2.05) is 0 Å². The maximum Gasteiger partial charge on any atom is 0.306 e. The highest BCUT2D eigenvalue weighted by Gasteiger charge is 2.19. The number of hydrogen-bond acceptors (Lipinski definition) is 6. The van der Waals surface area contributed by atoms with Crippen molar-refractivity contribution < 1.29 is 28.6 Å². The zero-order chi connectivity index (χ0) is 54.3. The Labute approximate surface area is 464 Å². The molecule has 0 rings (SSSR count). The molecule has 0 amide bonds. The second-order valence-electron chi connectivity index (χ2n) is 20.9. The molecule has 1 atom stereocenters. The Kier molecular flexibility index (Phi) is 59.8. The molecule has 0 aromatic carbocycles. The lowest BCUT2D eigenvalue weighted by atomic mass is 10.0. The molecule has 6 nitrogen and oxygen atoms in total. The molecular weight excluding hydrogens is 925 g/mol. The average molecular weight is 1040 g/mol. The largest absolute Gasteiger partial charge is 0.462 e. The fourth-order valence-electron chi connectivity index (χ4n) is 8.83. The quantitative estimate of drug-likeness (QED) is 0.0261. The third kappa shape index (κ3) is 61.1. The van der Waals surface area contributed by atoms with Gasteiger partial charge in [-0.3, -0.25) is 14.4 Å². The third-order valence-electron chi connectivity index (χ3n) is 13.6. The predicted octanol–water partition coefficient (Wildman–Crippen LogP) is 21.7. The summed E-state index contributed by atoms with van der Waals surface area (Å²) in [5, 5.41) is 0. The first kappa shape index (κ1) is 71.3. The summed E-state index contributed by atoms with van der Waals surface area (Å²) in [5.41, 5.74) is 0. The molecule has 75 heavy (non-hydrogen) atoms. The molecule has 0 aliphatic rings. The summed E-state index contributed by atoms with van der Waals surface area (Å²) in [6.07, 6.45) is 84.4. The van der Waals surface area contributed by atoms with Gasteiger partial charge in [-0.05, 0) is 103 Å². The average Bonchev–Trinajstić information content (AvgIpc) is 3.41. The van der Waals surface area contributed by atoms with Gasteiger partial charge in [-0.25, -0.2) is 0 Å². The van der Waals surface area contributed by atoms with E-state index in [2.05, 4.69) is 118 Å². The van der Waals surface area contributed by atoms with E-state index in [1.54, 1.807) is 0 Å². The first-order chi connectivity index (χ1) is 37.0. The number of rotatable bonds is 57. The molecule has 0 N–H and O–H groups in total. The highest BCUT2D eigenvalue weighted by atomic mass is 16.6. The Morgan fingerprint density at radius 3 is 0.827 bits per heavy atom. The lowest BCUT2D eigenvalue weighted by Crippen LogP contribution is -2.30. The van der Waals surface area contributed by atoms with Gasteiger partial charge in [0.2, 0.25) is 0 Å². The number of allylic oxidation sites excluding steroid dienone is 16. The van der Waals surface area contributed by atoms with Crippen LogP contribution in [0.15, 0.2) is 97.2 Å². The molecule has 0 spiro atoms. The number of carbonyl (C=O) groups is 3. The van der Waals surface area contributed by atoms with Gasteiger partial charge in [0.15, 0.2) is 6.10 Å². The number of unbranched alkanes of at least 4 members (excludes halogenated alkanes) is 30. The van der Waals surface area contributed by atoms with E-state index in [0.29, 0.717) is 19.3 Å². The van der Waals surface area contributed by atoms with E-state index in [1.165, 1.54) is 141 Å². The second-order valence-corrected chi connectivity index (χ2v) is 20.9. The summed E-state index contributed by atoms with van der Waals surface area (Å²) in [4.78, 5) is 38.1. The van der Waals surface area contributed by atoms with Gasteiger partial charge in [-0.15, -0.1) is 0 Å². The van der Waals surface area contributed by atoms with Crippen molar-refractivity contribution in [2.75, 3.05) is 13.2 Å². The Morgan fingerprint density at radius 1 is 0.280 bits per heavy atom. The van der Waals surface area contributed by atoms with Gasteiger partial charge in [0.05, 0.1) is 0 Å². The number of esters is 3. The first-order valence-electron chi connectivity index (χ1n) is 31.7. The first-order valence-corrected chi connectivity index (χ1v) is 31.7. The van der Waals surface area contributed by atoms with E-state index in [9.17, 15) is 14.4 Å². The van der Waals surface area contributed by atoms with Gasteiger partial charge < -0.3 is 14.2 Å². The number of ether oxygens (including phenoxy) is 3. The van der Waals surface area contributed by atoms with Gasteiger partial charge in [0.1, 0.15) is 13.2 Å². The molecule has 0 fully saturated rings. The molecule has 0 saturated heterocycles. The summed E-state index contributed by atoms with van der Waals surface area (Å²) in [6.45, 7) is 6.49. The summed E-state index contributed by atoms with van der Waals surface area (Å²) in [5.74, 6) is -0.903. The van der Waals surface area contributed by atoms with E-state index < -0.39 is 6.10 Å². The van der Waals surface area contributed by atoms with Crippen molar-refractivity contribution in [3.63, 3.8) is 0 Å². The minimum absolute atomic E-state index is 0.0827. The second kappa shape index (κ2) is 62.9. The molecule has 0 heterocycles. The summed E-state index contributed by atoms with van der Waals surface area (Å²) < 4.78 is 16.8. The lowest BCUT2D eigenvalue weighted by molar-refractivity contribution is -0.167. The third-order valence-corrected chi connectivity index (χ3v) is 13.6. The van der Waals surface area contributed by atoms with Crippen LogP contribution in [-0.4, -0.2) is 37.2 Å². The predicted molar refractivity (Wildman–Crippen MR) is 325 cm³/mol. The molecule has 0 aromatic rings. The van der Waals surface area contributed by atoms with Crippen LogP contribution in [0.2, 0.25) is 0 Å². The zero-order valence-corrected chi connectivity index (χ0v) is 49.3. The number of hydrogen-bond donors (Lipinski definition) is 0. The maximum absolute atomic E-state index is 12.9. The van der Waals surface area contributed by atoms with Crippen molar-refractivity contribution in [3.8, 4) is 0 Å². The Morgan fingerprint density at radius 2 is 0.520 bits per heavy atom. The van der Waals surface area contributed by atoms with Crippen LogP contribution in [-0.2, 0) is 28.6 Å². The molecule has 0 radical (unpaired) electrons. The van der Waals surface area contributed by atoms with Crippen molar-refractivity contribution in [3.05, 3.63) is 97.2 Å². The summed E-state index contributed by atoms with van der Waals surface area (Å²) in [6, 6.07) is 0. The molecule has 0 aromatic heterocycles. The smallest absolute Gasteiger partial charge is 0.306 e. The van der Waals surface area contributed by atoms with Crippen LogP contribution in [0.1, 0.15) is 303 Å². The van der Waals surface area contributed by atoms with Crippen LogP contribution in [0.3, 0.4) is 0 Å². The van der Waals surface area contributed by atoms with E-state index in [0.717, 1.165) is 122 Å². The molecule has 6 heteroatoms. The fourth-order valence-corrected chi connectivity index (χ4v) is 8.83. The van der Waals surface area contributed by atoms with Gasteiger partial charge in [-0.1, -0.05) is 279 Å². The minimum atomic E-state index is -0.784. The SMILES string of the molecule is CC/C=C\C/C=C\C/C=C\C/C=C\C/C=C\C/C=C\C/C=C\CCCCCCCC(=O)OCC(COC(=O)CCCCCCCCC)OC(=O)CCCCCCCCCCCCC/C=C\CCCCCCCCCC. The van der Waals surface area contributed by atoms with Crippen molar-refractivity contribution in [2.24, 2.45) is 0 Å². The van der Waals surface area contributed by atoms with Crippen LogP contribution < -0.4 is 0 Å². The van der Waals surface area contributed by atoms with E-state index >= 15 is 0 Å². The molecule has 0 aliphatic heterocycles. The molecule has 430 valence electrons. The van der Waals surface area contributed by atoms with Crippen molar-refractivity contribution >= 4 is 17.9 Å². The molecule has 1 unspecified atom stereocenters. The van der Waals surface area contributed by atoms with E-state index in [4.69, 9.17) is 14.2 Å². The van der Waals surface area contributed by atoms with Crippen molar-refractivity contribution in [1.82, 2.24) is 0 Å². The van der Waals surface area contributed by atoms with Gasteiger partial charge in [0.25, 0.3) is 0 Å². The maximum atomic E-state index is 12.9. The standard InChI is InChI=1S/C69H118O6/c1-4-7-10-13-16-18-20-22-24-26-28-30-32-33-34-35-37-38-40-42-44-46-48-50-53-56-59-62-68(71)74-65-66(64-73-67(70)61-58-55-52-15-12-9-6-3)75-69(72)63-60-57-54-51-49-47-45-43-41-39-36-31-29-27-25-23-21-19-17-14-11-8-5-2/h7,10,16,18,22,24,27-30,33-34,37-38,42,44,66H,4-6,8-9,11-15,17,19-21,23,25-26,31-32,35-36,39-41,43,45-65H2,1-3H3/b10-7-,18-16-,24-22-,29-27-,30-28-,34-33-,38-37-,44-42-. The Hall–Kier alpha value is -3.67. The van der Waals surface area contributed by atoms with Crippen molar-refractivity contribution in [1.29, 1.82) is 0 Å². The van der Waals surface area contributed by atoms with Crippen LogP contribution in [0.5, 0.6) is 0 Å². The van der Waals surface area contributed by atoms with Crippen LogP contribution >= 0.6 is 0 Å². The Balaban J connectivity index is 4.20. The monoisotopic (exact) mass is 1040 g/mol. The molecule has 0 bridgehead atoms. The molecule has 0 aliphatic carbocycles. The molecule has 0 saturated carbocycles. The summed E-state index contributed by atoms with van der Waals surface area (Å²) in [7, 11) is 0. The Bertz CT molecular complexity index is 1480. The van der Waals surface area contributed by atoms with Gasteiger partial charge >= 0.3 is 17.9 Å². The normalized spacial score (nSPS) is 12.7. The van der Waals surface area contributed by atoms with Crippen LogP contribution in [0.4, 0.5) is 0 Å². The zero-order valence-electron chi connectivity index (χ0n) is 49.3. The lowest BCUT2D eigenvalue weighted by Gasteiger charge is -2.18. The molecular formula is C69H118O6. The van der Waals surface area contributed by atoms with Crippen LogP contribution in [0, 0.1) is 0 Å². The van der Waals surface area contributed by atoms with Gasteiger partial charge in [0, 0.05) is 19.3 Å². The highest BCUT2D eigenvalue weighted by molar-refractivity contribution is 5.71. The highest BCUT2D eigenvalue weighted by Crippen LogP contribution is 2.16. The van der Waals surface area contributed by atoms with Crippen molar-refractivity contribution in [2.45, 2.75) is 309 Å². The summed E-state index contributed by atoms with van der Waals surface area (Å²) >= 11 is 0.